The van der Waals surface area contributed by atoms with Gasteiger partial charge < -0.3 is 19.7 Å². The Morgan fingerprint density at radius 3 is 2.47 bits per heavy atom. The molecule has 0 heterocycles. The Hall–Kier alpha value is -0.650. The maximum absolute atomic E-state index is 10.8. The highest BCUT2D eigenvalue weighted by atomic mass is 16.5. The van der Waals surface area contributed by atoms with Gasteiger partial charge in [0.25, 0.3) is 0 Å². The van der Waals surface area contributed by atoms with Crippen LogP contribution in [0.5, 0.6) is 0 Å². The molecule has 0 fully saturated rings. The van der Waals surface area contributed by atoms with Gasteiger partial charge in [-0.25, -0.2) is 0 Å². The van der Waals surface area contributed by atoms with Crippen molar-refractivity contribution in [2.75, 3.05) is 26.9 Å². The molecular weight excluding hydrogens is 200 g/mol. The summed E-state index contributed by atoms with van der Waals surface area (Å²) in [4.78, 5) is 10.8. The first-order chi connectivity index (χ1) is 6.90. The zero-order valence-corrected chi connectivity index (χ0v) is 9.52. The predicted molar refractivity (Wildman–Crippen MR) is 54.7 cm³/mol. The molecule has 5 heteroatoms. The number of rotatable bonds is 8. The lowest BCUT2D eigenvalue weighted by molar-refractivity contribution is -0.149. The van der Waals surface area contributed by atoms with Crippen molar-refractivity contribution in [3.05, 3.63) is 0 Å². The molecule has 0 aliphatic carbocycles. The van der Waals surface area contributed by atoms with Crippen molar-refractivity contribution in [1.29, 1.82) is 0 Å². The van der Waals surface area contributed by atoms with E-state index in [1.807, 2.05) is 0 Å². The average molecular weight is 220 g/mol. The van der Waals surface area contributed by atoms with Gasteiger partial charge in [0.05, 0.1) is 31.3 Å². The zero-order valence-electron chi connectivity index (χ0n) is 9.52. The van der Waals surface area contributed by atoms with E-state index >= 15 is 0 Å². The van der Waals surface area contributed by atoms with Crippen LogP contribution in [0.2, 0.25) is 0 Å². The van der Waals surface area contributed by atoms with Crippen molar-refractivity contribution in [3.63, 3.8) is 0 Å². The van der Waals surface area contributed by atoms with E-state index in [0.29, 0.717) is 13.2 Å². The number of carboxylic acid groups (broad SMARTS) is 1. The molecule has 0 saturated carbocycles. The molecule has 0 bridgehead atoms. The van der Waals surface area contributed by atoms with Crippen LogP contribution >= 0.6 is 0 Å². The number of ether oxygens (including phenoxy) is 2. The van der Waals surface area contributed by atoms with E-state index in [1.165, 1.54) is 0 Å². The number of hydrogen-bond donors (Lipinski definition) is 2. The largest absolute Gasteiger partial charge is 0.481 e. The quantitative estimate of drug-likeness (QED) is 0.583. The number of carboxylic acids is 1. The monoisotopic (exact) mass is 220 g/mol. The summed E-state index contributed by atoms with van der Waals surface area (Å²) in [6, 6.07) is 0. The highest BCUT2D eigenvalue weighted by Gasteiger charge is 2.29. The first-order valence-corrected chi connectivity index (χ1v) is 4.88. The molecular formula is C10H20O5. The molecule has 0 aromatic carbocycles. The second-order valence-corrected chi connectivity index (χ2v) is 4.11. The molecule has 1 unspecified atom stereocenters. The van der Waals surface area contributed by atoms with Crippen LogP contribution in [0.25, 0.3) is 0 Å². The van der Waals surface area contributed by atoms with Gasteiger partial charge in [-0.15, -0.1) is 0 Å². The number of hydrogen-bond acceptors (Lipinski definition) is 4. The summed E-state index contributed by atoms with van der Waals surface area (Å²) in [5, 5.41) is 18.3. The molecule has 0 aromatic heterocycles. The molecule has 0 saturated heterocycles. The van der Waals surface area contributed by atoms with Crippen molar-refractivity contribution < 1.29 is 24.5 Å². The lowest BCUT2D eigenvalue weighted by Gasteiger charge is -2.22. The number of aliphatic hydroxyl groups excluding tert-OH is 1. The van der Waals surface area contributed by atoms with Crippen LogP contribution in [-0.2, 0) is 14.3 Å². The van der Waals surface area contributed by atoms with Crippen molar-refractivity contribution in [3.8, 4) is 0 Å². The number of aliphatic carboxylic acids is 1. The normalized spacial score (nSPS) is 13.9. The number of methoxy groups -OCH3 is 1. The molecule has 0 aliphatic heterocycles. The lowest BCUT2D eigenvalue weighted by atomic mass is 9.87. The Labute approximate surface area is 90.0 Å². The van der Waals surface area contributed by atoms with Gasteiger partial charge in [0.1, 0.15) is 0 Å². The highest BCUT2D eigenvalue weighted by molar-refractivity contribution is 5.73. The maximum atomic E-state index is 10.8. The van der Waals surface area contributed by atoms with Gasteiger partial charge in [0.2, 0.25) is 0 Å². The molecule has 2 N–H and O–H groups in total. The van der Waals surface area contributed by atoms with Crippen LogP contribution < -0.4 is 0 Å². The third-order valence-electron chi connectivity index (χ3n) is 2.07. The van der Waals surface area contributed by atoms with Crippen molar-refractivity contribution in [2.24, 2.45) is 5.41 Å². The topological polar surface area (TPSA) is 76.0 Å². The third kappa shape index (κ3) is 6.43. The fourth-order valence-corrected chi connectivity index (χ4v) is 1.10. The van der Waals surface area contributed by atoms with Crippen LogP contribution in [0.3, 0.4) is 0 Å². The fourth-order valence-electron chi connectivity index (χ4n) is 1.10. The van der Waals surface area contributed by atoms with Gasteiger partial charge in [-0.05, 0) is 20.3 Å². The molecule has 15 heavy (non-hydrogen) atoms. The Morgan fingerprint density at radius 1 is 1.40 bits per heavy atom. The molecule has 0 aliphatic rings. The summed E-state index contributed by atoms with van der Waals surface area (Å²) in [6.07, 6.45) is -0.581. The molecule has 5 nitrogen and oxygen atoms in total. The van der Waals surface area contributed by atoms with Crippen LogP contribution in [-0.4, -0.2) is 49.2 Å². The third-order valence-corrected chi connectivity index (χ3v) is 2.07. The molecule has 0 aromatic rings. The summed E-state index contributed by atoms with van der Waals surface area (Å²) < 4.78 is 9.86. The molecule has 0 spiro atoms. The van der Waals surface area contributed by atoms with E-state index in [-0.39, 0.29) is 13.0 Å². The highest BCUT2D eigenvalue weighted by Crippen LogP contribution is 2.22. The summed E-state index contributed by atoms with van der Waals surface area (Å²) in [7, 11) is 1.56. The number of carbonyl (C=O) groups is 1. The SMILES string of the molecule is COCCOCC(O)CC(C)(C)C(=O)O. The molecule has 0 amide bonds. The van der Waals surface area contributed by atoms with E-state index in [4.69, 9.17) is 14.6 Å². The van der Waals surface area contributed by atoms with Gasteiger partial charge >= 0.3 is 5.97 Å². The van der Waals surface area contributed by atoms with Gasteiger partial charge in [-0.3, -0.25) is 4.79 Å². The summed E-state index contributed by atoms with van der Waals surface area (Å²) in [6.45, 7) is 4.16. The Morgan fingerprint density at radius 2 is 2.00 bits per heavy atom. The van der Waals surface area contributed by atoms with Gasteiger partial charge in [-0.1, -0.05) is 0 Å². The van der Waals surface area contributed by atoms with Crippen molar-refractivity contribution in [1.82, 2.24) is 0 Å². The Balaban J connectivity index is 3.73. The van der Waals surface area contributed by atoms with E-state index < -0.39 is 17.5 Å². The van der Waals surface area contributed by atoms with E-state index in [1.54, 1.807) is 21.0 Å². The van der Waals surface area contributed by atoms with Gasteiger partial charge in [-0.2, -0.15) is 0 Å². The van der Waals surface area contributed by atoms with Crippen molar-refractivity contribution >= 4 is 5.97 Å². The summed E-state index contributed by atoms with van der Waals surface area (Å²) >= 11 is 0. The minimum Gasteiger partial charge on any atom is -0.481 e. The van der Waals surface area contributed by atoms with E-state index in [0.717, 1.165) is 0 Å². The van der Waals surface area contributed by atoms with Gasteiger partial charge in [0.15, 0.2) is 0 Å². The van der Waals surface area contributed by atoms with Crippen LogP contribution in [0.15, 0.2) is 0 Å². The molecule has 90 valence electrons. The smallest absolute Gasteiger partial charge is 0.309 e. The van der Waals surface area contributed by atoms with Gasteiger partial charge in [0, 0.05) is 7.11 Å². The first-order valence-electron chi connectivity index (χ1n) is 4.88. The summed E-state index contributed by atoms with van der Waals surface area (Å²) in [5.41, 5.74) is -0.927. The van der Waals surface area contributed by atoms with Crippen molar-refractivity contribution in [2.45, 2.75) is 26.4 Å². The first kappa shape index (κ1) is 14.3. The molecule has 0 rings (SSSR count). The van der Waals surface area contributed by atoms with E-state index in [9.17, 15) is 9.90 Å². The Bertz CT molecular complexity index is 190. The maximum Gasteiger partial charge on any atom is 0.309 e. The lowest BCUT2D eigenvalue weighted by Crippen LogP contribution is -2.31. The van der Waals surface area contributed by atoms with Crippen LogP contribution in [0, 0.1) is 5.41 Å². The second-order valence-electron chi connectivity index (χ2n) is 4.11. The zero-order chi connectivity index (χ0) is 11.9. The standard InChI is InChI=1S/C10H20O5/c1-10(2,9(12)13)6-8(11)7-15-5-4-14-3/h8,11H,4-7H2,1-3H3,(H,12,13). The minimum atomic E-state index is -0.927. The molecule has 1 atom stereocenters. The molecule has 0 radical (unpaired) electrons. The summed E-state index contributed by atoms with van der Waals surface area (Å²) in [5.74, 6) is -0.918. The Kier molecular flexibility index (Phi) is 6.47. The minimum absolute atomic E-state index is 0.139. The van der Waals surface area contributed by atoms with E-state index in [2.05, 4.69) is 0 Å². The second kappa shape index (κ2) is 6.76. The van der Waals surface area contributed by atoms with Crippen LogP contribution in [0.1, 0.15) is 20.3 Å². The number of aliphatic hydroxyl groups is 1. The predicted octanol–water partition coefficient (Wildman–Crippen LogP) is 0.511. The fraction of sp³-hybridized carbons (Fsp3) is 0.900. The average Bonchev–Trinajstić information content (AvgIpc) is 2.11. The van der Waals surface area contributed by atoms with Crippen LogP contribution in [0.4, 0.5) is 0 Å².